The van der Waals surface area contributed by atoms with Crippen molar-refractivity contribution in [3.05, 3.63) is 71.4 Å². The number of hydrogen-bond donors (Lipinski definition) is 1. The van der Waals surface area contributed by atoms with Crippen LogP contribution in [-0.2, 0) is 14.3 Å². The average molecular weight is 462 g/mol. The summed E-state index contributed by atoms with van der Waals surface area (Å²) in [5.74, 6) is -1.52. The Hall–Kier alpha value is -3.56. The molecule has 3 aromatic heterocycles. The first-order chi connectivity index (χ1) is 16.6. The highest BCUT2D eigenvalue weighted by molar-refractivity contribution is 6.46. The zero-order valence-electron chi connectivity index (χ0n) is 19.1. The molecule has 0 bridgehead atoms. The molecule has 0 aliphatic carbocycles. The Labute approximate surface area is 197 Å². The number of aromatic nitrogens is 3. The van der Waals surface area contributed by atoms with E-state index in [1.54, 1.807) is 40.9 Å². The molecule has 1 atom stereocenters. The van der Waals surface area contributed by atoms with E-state index < -0.39 is 17.7 Å². The maximum Gasteiger partial charge on any atom is 0.295 e. The quantitative estimate of drug-likeness (QED) is 0.341. The number of aliphatic hydroxyl groups is 1. The van der Waals surface area contributed by atoms with Gasteiger partial charge in [-0.05, 0) is 37.1 Å². The van der Waals surface area contributed by atoms with Crippen LogP contribution in [0.3, 0.4) is 0 Å². The molecule has 0 spiro atoms. The Kier molecular flexibility index (Phi) is 6.12. The van der Waals surface area contributed by atoms with Crippen LogP contribution in [0.5, 0.6) is 0 Å². The number of aliphatic hydroxyl groups excluding tert-OH is 1. The fraction of sp³-hybridized carbons (Fsp3) is 0.360. The highest BCUT2D eigenvalue weighted by Crippen LogP contribution is 2.39. The van der Waals surface area contributed by atoms with Crippen LogP contribution in [0.2, 0.25) is 0 Å². The number of nitrogens with zero attached hydrogens (tertiary/aromatic N) is 5. The van der Waals surface area contributed by atoms with Crippen molar-refractivity contribution in [1.82, 2.24) is 24.2 Å². The molecule has 0 saturated carbocycles. The number of fused-ring (bicyclic) bond motifs is 1. The van der Waals surface area contributed by atoms with E-state index in [1.807, 2.05) is 24.3 Å². The Bertz CT molecular complexity index is 1250. The summed E-state index contributed by atoms with van der Waals surface area (Å²) in [7, 11) is 0. The Morgan fingerprint density at radius 2 is 1.97 bits per heavy atom. The van der Waals surface area contributed by atoms with E-state index in [1.165, 1.54) is 0 Å². The number of hydrogen-bond acceptors (Lipinski definition) is 7. The SMILES string of the molecule is Cc1nc2ccccn2c1C(O)=C1C(=O)C(=O)N(CCCN2CCOCC2)[C@H]1c1cccnc1. The number of ketones is 1. The summed E-state index contributed by atoms with van der Waals surface area (Å²) in [5.41, 5.74) is 2.39. The monoisotopic (exact) mass is 461 g/mol. The number of pyridine rings is 2. The Morgan fingerprint density at radius 3 is 2.74 bits per heavy atom. The summed E-state index contributed by atoms with van der Waals surface area (Å²) in [4.78, 5) is 39.0. The van der Waals surface area contributed by atoms with Gasteiger partial charge in [0.1, 0.15) is 11.3 Å². The Balaban J connectivity index is 1.53. The summed E-state index contributed by atoms with van der Waals surface area (Å²) >= 11 is 0. The van der Waals surface area contributed by atoms with E-state index >= 15 is 0 Å². The largest absolute Gasteiger partial charge is 0.505 e. The summed E-state index contributed by atoms with van der Waals surface area (Å²) < 4.78 is 7.14. The molecule has 9 heteroatoms. The molecule has 34 heavy (non-hydrogen) atoms. The lowest BCUT2D eigenvalue weighted by molar-refractivity contribution is -0.140. The summed E-state index contributed by atoms with van der Waals surface area (Å²) in [6, 6.07) is 8.39. The minimum atomic E-state index is -0.716. The van der Waals surface area contributed by atoms with Gasteiger partial charge in [-0.25, -0.2) is 4.98 Å². The van der Waals surface area contributed by atoms with Crippen molar-refractivity contribution >= 4 is 23.1 Å². The number of imidazole rings is 1. The second-order valence-corrected chi connectivity index (χ2v) is 8.56. The Morgan fingerprint density at radius 1 is 1.15 bits per heavy atom. The zero-order chi connectivity index (χ0) is 23.7. The molecule has 1 N–H and O–H groups in total. The van der Waals surface area contributed by atoms with Crippen LogP contribution in [0, 0.1) is 6.92 Å². The molecule has 5 heterocycles. The minimum absolute atomic E-state index is 0.0677. The maximum atomic E-state index is 13.3. The summed E-state index contributed by atoms with van der Waals surface area (Å²) in [5, 5.41) is 11.4. The number of carbonyl (C=O) groups excluding carboxylic acids is 2. The molecule has 5 rings (SSSR count). The fourth-order valence-corrected chi connectivity index (χ4v) is 4.81. The van der Waals surface area contributed by atoms with Gasteiger partial charge in [-0.2, -0.15) is 0 Å². The van der Waals surface area contributed by atoms with Gasteiger partial charge in [0.05, 0.1) is 30.5 Å². The van der Waals surface area contributed by atoms with E-state index in [2.05, 4.69) is 14.9 Å². The molecule has 2 fully saturated rings. The van der Waals surface area contributed by atoms with Gasteiger partial charge in [-0.15, -0.1) is 0 Å². The van der Waals surface area contributed by atoms with Crippen molar-refractivity contribution in [2.75, 3.05) is 39.4 Å². The lowest BCUT2D eigenvalue weighted by Crippen LogP contribution is -2.39. The summed E-state index contributed by atoms with van der Waals surface area (Å²) in [6.07, 6.45) is 5.77. The maximum absolute atomic E-state index is 13.3. The molecule has 9 nitrogen and oxygen atoms in total. The molecule has 2 aliphatic rings. The van der Waals surface area contributed by atoms with Crippen LogP contribution in [0.15, 0.2) is 54.5 Å². The number of amides is 1. The van der Waals surface area contributed by atoms with Crippen molar-refractivity contribution in [3.8, 4) is 0 Å². The first-order valence-corrected chi connectivity index (χ1v) is 11.5. The van der Waals surface area contributed by atoms with Gasteiger partial charge < -0.3 is 14.7 Å². The number of morpholine rings is 1. The van der Waals surface area contributed by atoms with Crippen molar-refractivity contribution in [2.45, 2.75) is 19.4 Å². The predicted molar refractivity (Wildman–Crippen MR) is 125 cm³/mol. The molecule has 0 unspecified atom stereocenters. The highest BCUT2D eigenvalue weighted by Gasteiger charge is 2.46. The molecule has 2 aliphatic heterocycles. The third-order valence-electron chi connectivity index (χ3n) is 6.45. The van der Waals surface area contributed by atoms with E-state index in [9.17, 15) is 14.7 Å². The second kappa shape index (κ2) is 9.36. The van der Waals surface area contributed by atoms with E-state index in [-0.39, 0.29) is 11.3 Å². The van der Waals surface area contributed by atoms with Gasteiger partial charge in [-0.3, -0.25) is 23.9 Å². The third-order valence-corrected chi connectivity index (χ3v) is 6.45. The number of likely N-dealkylation sites (tertiary alicyclic amines) is 1. The van der Waals surface area contributed by atoms with Gasteiger partial charge in [-0.1, -0.05) is 12.1 Å². The molecule has 0 radical (unpaired) electrons. The van der Waals surface area contributed by atoms with Crippen LogP contribution in [0.1, 0.15) is 29.4 Å². The van der Waals surface area contributed by atoms with Gasteiger partial charge in [0.25, 0.3) is 11.7 Å². The van der Waals surface area contributed by atoms with E-state index in [4.69, 9.17) is 4.74 Å². The minimum Gasteiger partial charge on any atom is -0.505 e. The first kappa shape index (κ1) is 22.2. The summed E-state index contributed by atoms with van der Waals surface area (Å²) in [6.45, 7) is 6.11. The molecule has 1 amide bonds. The van der Waals surface area contributed by atoms with Crippen LogP contribution in [-0.4, -0.2) is 80.4 Å². The van der Waals surface area contributed by atoms with Crippen LogP contribution in [0.25, 0.3) is 11.4 Å². The second-order valence-electron chi connectivity index (χ2n) is 8.56. The average Bonchev–Trinajstić information content (AvgIpc) is 3.33. The molecule has 0 aromatic carbocycles. The van der Waals surface area contributed by atoms with Gasteiger partial charge in [0, 0.05) is 44.8 Å². The molecular formula is C25H27N5O4. The third kappa shape index (κ3) is 3.97. The van der Waals surface area contributed by atoms with Crippen molar-refractivity contribution < 1.29 is 19.4 Å². The number of Topliss-reactive ketones (excluding diaryl/α,β-unsaturated/α-hetero) is 1. The molecule has 3 aromatic rings. The predicted octanol–water partition coefficient (Wildman–Crippen LogP) is 2.18. The lowest BCUT2D eigenvalue weighted by atomic mass is 9.97. The van der Waals surface area contributed by atoms with E-state index in [0.717, 1.165) is 19.6 Å². The molecule has 2 saturated heterocycles. The smallest absolute Gasteiger partial charge is 0.295 e. The van der Waals surface area contributed by atoms with Crippen LogP contribution >= 0.6 is 0 Å². The van der Waals surface area contributed by atoms with Gasteiger partial charge in [0.2, 0.25) is 0 Å². The first-order valence-electron chi connectivity index (χ1n) is 11.5. The van der Waals surface area contributed by atoms with Crippen LogP contribution in [0.4, 0.5) is 0 Å². The van der Waals surface area contributed by atoms with Crippen molar-refractivity contribution in [3.63, 3.8) is 0 Å². The zero-order valence-corrected chi connectivity index (χ0v) is 19.1. The molecule has 176 valence electrons. The van der Waals surface area contributed by atoms with Crippen molar-refractivity contribution in [2.24, 2.45) is 0 Å². The van der Waals surface area contributed by atoms with Gasteiger partial charge in [0.15, 0.2) is 5.76 Å². The topological polar surface area (TPSA) is 100 Å². The highest BCUT2D eigenvalue weighted by atomic mass is 16.5. The standard InChI is InChI=1S/C25H27N5O4/c1-17-21(29-10-3-2-7-19(29)27-17)23(31)20-22(18-6-4-8-26-16-18)30(25(33)24(20)32)11-5-9-28-12-14-34-15-13-28/h2-4,6-8,10,16,22,31H,5,9,11-15H2,1H3/t22-/m0/s1. The number of carbonyl (C=O) groups is 2. The number of ether oxygens (including phenoxy) is 1. The van der Waals surface area contributed by atoms with E-state index in [0.29, 0.717) is 48.8 Å². The van der Waals surface area contributed by atoms with Crippen molar-refractivity contribution in [1.29, 1.82) is 0 Å². The fourth-order valence-electron chi connectivity index (χ4n) is 4.81. The normalized spacial score (nSPS) is 21.0. The lowest BCUT2D eigenvalue weighted by Gasteiger charge is -2.29. The number of aryl methyl sites for hydroxylation is 1. The van der Waals surface area contributed by atoms with Crippen LogP contribution < -0.4 is 0 Å². The number of rotatable bonds is 6. The molecular weight excluding hydrogens is 434 g/mol. The van der Waals surface area contributed by atoms with Gasteiger partial charge >= 0.3 is 0 Å².